The van der Waals surface area contributed by atoms with Gasteiger partial charge in [0, 0.05) is 11.4 Å². The Hall–Kier alpha value is -1.32. The lowest BCUT2D eigenvalue weighted by atomic mass is 9.82. The van der Waals surface area contributed by atoms with Crippen LogP contribution in [-0.4, -0.2) is 18.2 Å². The Balaban J connectivity index is 2.40. The summed E-state index contributed by atoms with van der Waals surface area (Å²) in [5, 5.41) is 15.3. The number of nitrogens with one attached hydrogen (secondary N) is 1. The summed E-state index contributed by atoms with van der Waals surface area (Å²) in [6, 6.07) is 7.87. The predicted molar refractivity (Wildman–Crippen MR) is 78.2 cm³/mol. The van der Waals surface area contributed by atoms with E-state index < -0.39 is 5.60 Å². The minimum Gasteiger partial charge on any atom is -0.464 e. The van der Waals surface area contributed by atoms with E-state index in [1.165, 1.54) is 0 Å². The van der Waals surface area contributed by atoms with Crippen molar-refractivity contribution in [1.29, 1.82) is 0 Å². The van der Waals surface area contributed by atoms with E-state index in [1.54, 1.807) is 6.26 Å². The zero-order valence-corrected chi connectivity index (χ0v) is 11.9. The lowest BCUT2D eigenvalue weighted by Crippen LogP contribution is -2.45. The summed E-state index contributed by atoms with van der Waals surface area (Å²) in [4.78, 5) is 0. The maximum absolute atomic E-state index is 11.1. The van der Waals surface area contributed by atoms with Gasteiger partial charge in [-0.1, -0.05) is 25.8 Å². The van der Waals surface area contributed by atoms with E-state index in [4.69, 9.17) is 4.42 Å². The molecule has 0 radical (unpaired) electrons. The van der Waals surface area contributed by atoms with Gasteiger partial charge in [0.1, 0.15) is 11.2 Å². The highest BCUT2D eigenvalue weighted by Gasteiger charge is 2.34. The van der Waals surface area contributed by atoms with Crippen LogP contribution in [-0.2, 0) is 5.60 Å². The molecule has 0 aliphatic carbocycles. The van der Waals surface area contributed by atoms with E-state index in [9.17, 15) is 5.11 Å². The van der Waals surface area contributed by atoms with Crippen molar-refractivity contribution < 1.29 is 9.52 Å². The van der Waals surface area contributed by atoms with Crippen molar-refractivity contribution in [3.63, 3.8) is 0 Å². The van der Waals surface area contributed by atoms with Crippen LogP contribution >= 0.6 is 0 Å². The van der Waals surface area contributed by atoms with Crippen molar-refractivity contribution in [2.75, 3.05) is 7.05 Å². The van der Waals surface area contributed by atoms with Crippen molar-refractivity contribution >= 4 is 11.0 Å². The molecule has 3 heteroatoms. The number of unbranched alkanes of at least 4 members (excludes halogenated alkanes) is 1. The molecule has 2 aromatic rings. The summed E-state index contributed by atoms with van der Waals surface area (Å²) in [6.07, 6.45) is 4.52. The minimum atomic E-state index is -0.837. The quantitative estimate of drug-likeness (QED) is 0.837. The van der Waals surface area contributed by atoms with E-state index in [0.717, 1.165) is 35.8 Å². The van der Waals surface area contributed by atoms with Crippen molar-refractivity contribution in [1.82, 2.24) is 5.32 Å². The van der Waals surface area contributed by atoms with Crippen molar-refractivity contribution in [3.05, 3.63) is 36.1 Å². The zero-order chi connectivity index (χ0) is 13.9. The second kappa shape index (κ2) is 5.76. The second-order valence-corrected chi connectivity index (χ2v) is 5.21. The molecular weight excluding hydrogens is 238 g/mol. The molecule has 2 N–H and O–H groups in total. The fraction of sp³-hybridized carbons (Fsp3) is 0.500. The first-order chi connectivity index (χ1) is 9.11. The van der Waals surface area contributed by atoms with Crippen molar-refractivity contribution in [3.8, 4) is 0 Å². The number of hydrogen-bond acceptors (Lipinski definition) is 3. The topological polar surface area (TPSA) is 45.4 Å². The third-order valence-electron chi connectivity index (χ3n) is 4.01. The van der Waals surface area contributed by atoms with Gasteiger partial charge in [-0.05, 0) is 44.2 Å². The molecule has 0 aliphatic heterocycles. The molecule has 2 unspecified atom stereocenters. The van der Waals surface area contributed by atoms with Gasteiger partial charge >= 0.3 is 0 Å². The fourth-order valence-electron chi connectivity index (χ4n) is 2.53. The molecule has 2 rings (SSSR count). The average Bonchev–Trinajstić information content (AvgIpc) is 2.91. The van der Waals surface area contributed by atoms with Gasteiger partial charge in [0.2, 0.25) is 0 Å². The molecule has 0 fully saturated rings. The van der Waals surface area contributed by atoms with Gasteiger partial charge in [-0.25, -0.2) is 0 Å². The van der Waals surface area contributed by atoms with Crippen LogP contribution in [0, 0.1) is 0 Å². The Labute approximate surface area is 114 Å². The molecule has 0 aliphatic rings. The normalized spacial score (nSPS) is 16.4. The lowest BCUT2D eigenvalue weighted by molar-refractivity contribution is -0.00534. The molecule has 2 atom stereocenters. The smallest absolute Gasteiger partial charge is 0.133 e. The molecular formula is C16H23NO2. The zero-order valence-electron chi connectivity index (χ0n) is 11.9. The highest BCUT2D eigenvalue weighted by Crippen LogP contribution is 2.33. The van der Waals surface area contributed by atoms with Crippen LogP contribution in [0.3, 0.4) is 0 Å². The monoisotopic (exact) mass is 261 g/mol. The highest BCUT2D eigenvalue weighted by molar-refractivity contribution is 5.78. The van der Waals surface area contributed by atoms with Crippen LogP contribution in [0.15, 0.2) is 34.9 Å². The molecule has 3 nitrogen and oxygen atoms in total. The molecule has 0 saturated heterocycles. The number of fused-ring (bicyclic) bond motifs is 1. The van der Waals surface area contributed by atoms with E-state index in [-0.39, 0.29) is 6.04 Å². The van der Waals surface area contributed by atoms with Crippen molar-refractivity contribution in [2.24, 2.45) is 0 Å². The Morgan fingerprint density at radius 1 is 1.37 bits per heavy atom. The SMILES string of the molecule is CCCCC(O)(c1ccc2occc2c1)C(C)NC. The summed E-state index contributed by atoms with van der Waals surface area (Å²) >= 11 is 0. The summed E-state index contributed by atoms with van der Waals surface area (Å²) in [7, 11) is 1.89. The van der Waals surface area contributed by atoms with Crippen LogP contribution < -0.4 is 5.32 Å². The molecule has 0 saturated carbocycles. The summed E-state index contributed by atoms with van der Waals surface area (Å²) in [5.74, 6) is 0. The molecule has 0 bridgehead atoms. The molecule has 1 heterocycles. The Bertz CT molecular complexity index is 534. The van der Waals surface area contributed by atoms with E-state index >= 15 is 0 Å². The first-order valence-corrected chi connectivity index (χ1v) is 6.99. The van der Waals surface area contributed by atoms with Gasteiger partial charge in [0.05, 0.1) is 6.26 Å². The van der Waals surface area contributed by atoms with Crippen LogP contribution in [0.2, 0.25) is 0 Å². The molecule has 19 heavy (non-hydrogen) atoms. The maximum Gasteiger partial charge on any atom is 0.133 e. The Morgan fingerprint density at radius 3 is 2.84 bits per heavy atom. The van der Waals surface area contributed by atoms with E-state index in [2.05, 4.69) is 12.2 Å². The number of likely N-dealkylation sites (N-methyl/N-ethyl adjacent to an activating group) is 1. The molecule has 1 aromatic heterocycles. The van der Waals surface area contributed by atoms with Gasteiger partial charge in [-0.3, -0.25) is 0 Å². The molecule has 1 aromatic carbocycles. The van der Waals surface area contributed by atoms with Gasteiger partial charge < -0.3 is 14.8 Å². The summed E-state index contributed by atoms with van der Waals surface area (Å²) in [5.41, 5.74) is 0.978. The van der Waals surface area contributed by atoms with Crippen LogP contribution in [0.5, 0.6) is 0 Å². The largest absolute Gasteiger partial charge is 0.464 e. The molecule has 0 amide bonds. The van der Waals surface area contributed by atoms with E-state index in [0.29, 0.717) is 0 Å². The van der Waals surface area contributed by atoms with Gasteiger partial charge in [0.25, 0.3) is 0 Å². The van der Waals surface area contributed by atoms with Crippen LogP contribution in [0.25, 0.3) is 11.0 Å². The number of aliphatic hydroxyl groups is 1. The third kappa shape index (κ3) is 2.67. The lowest BCUT2D eigenvalue weighted by Gasteiger charge is -2.34. The first-order valence-electron chi connectivity index (χ1n) is 6.99. The molecule has 0 spiro atoms. The Morgan fingerprint density at radius 2 is 2.16 bits per heavy atom. The van der Waals surface area contributed by atoms with E-state index in [1.807, 2.05) is 38.2 Å². The fourth-order valence-corrected chi connectivity index (χ4v) is 2.53. The number of furan rings is 1. The van der Waals surface area contributed by atoms with Crippen LogP contribution in [0.4, 0.5) is 0 Å². The van der Waals surface area contributed by atoms with Gasteiger partial charge in [0.15, 0.2) is 0 Å². The van der Waals surface area contributed by atoms with Gasteiger partial charge in [-0.2, -0.15) is 0 Å². The van der Waals surface area contributed by atoms with Crippen LogP contribution in [0.1, 0.15) is 38.7 Å². The second-order valence-electron chi connectivity index (χ2n) is 5.21. The number of benzene rings is 1. The summed E-state index contributed by atoms with van der Waals surface area (Å²) in [6.45, 7) is 4.17. The standard InChI is InChI=1S/C16H23NO2/c1-4-5-9-16(18,12(2)17-3)14-6-7-15-13(11-14)8-10-19-15/h6-8,10-12,17-18H,4-5,9H2,1-3H3. The Kier molecular flexibility index (Phi) is 4.27. The number of hydrogen-bond donors (Lipinski definition) is 2. The number of rotatable bonds is 6. The highest BCUT2D eigenvalue weighted by atomic mass is 16.3. The minimum absolute atomic E-state index is 0.00315. The average molecular weight is 261 g/mol. The molecule has 104 valence electrons. The third-order valence-corrected chi connectivity index (χ3v) is 4.01. The van der Waals surface area contributed by atoms with Crippen molar-refractivity contribution in [2.45, 2.75) is 44.8 Å². The summed E-state index contributed by atoms with van der Waals surface area (Å²) < 4.78 is 5.36. The maximum atomic E-state index is 11.1. The first kappa shape index (κ1) is 14.1. The van der Waals surface area contributed by atoms with Gasteiger partial charge in [-0.15, -0.1) is 0 Å². The predicted octanol–water partition coefficient (Wildman–Crippen LogP) is 3.42.